The van der Waals surface area contributed by atoms with Gasteiger partial charge in [-0.05, 0) is 24.1 Å². The normalized spacial score (nSPS) is 12.1. The zero-order chi connectivity index (χ0) is 23.2. The molecule has 0 aliphatic rings. The molecule has 0 saturated carbocycles. The molecule has 4 aromatic rings. The number of fused-ring (bicyclic) bond motifs is 1. The van der Waals surface area contributed by atoms with Crippen molar-refractivity contribution >= 4 is 39.2 Å². The van der Waals surface area contributed by atoms with Crippen molar-refractivity contribution in [1.82, 2.24) is 14.9 Å². The van der Waals surface area contributed by atoms with Crippen LogP contribution >= 0.6 is 23.1 Å². The Kier molecular flexibility index (Phi) is 7.59. The highest BCUT2D eigenvalue weighted by atomic mass is 32.2. The third kappa shape index (κ3) is 5.71. The number of amides is 1. The zero-order valence-electron chi connectivity index (χ0n) is 18.5. The first-order valence-corrected chi connectivity index (χ1v) is 12.4. The van der Waals surface area contributed by atoms with Crippen molar-refractivity contribution in [3.8, 4) is 10.4 Å². The van der Waals surface area contributed by atoms with Crippen LogP contribution in [-0.2, 0) is 16.1 Å². The van der Waals surface area contributed by atoms with Gasteiger partial charge in [-0.25, -0.2) is 4.98 Å². The Balaban J connectivity index is 1.68. The first kappa shape index (κ1) is 23.2. The van der Waals surface area contributed by atoms with E-state index in [0.29, 0.717) is 28.5 Å². The molecule has 0 bridgehead atoms. The molecule has 1 atom stereocenters. The average molecular weight is 480 g/mol. The molecule has 0 aliphatic heterocycles. The molecular weight excluding hydrogens is 454 g/mol. The van der Waals surface area contributed by atoms with Gasteiger partial charge >= 0.3 is 0 Å². The minimum Gasteiger partial charge on any atom is -0.383 e. The number of aromatic nitrogens is 2. The number of rotatable bonds is 9. The van der Waals surface area contributed by atoms with E-state index in [1.54, 1.807) is 11.7 Å². The van der Waals surface area contributed by atoms with Gasteiger partial charge in [0.15, 0.2) is 5.16 Å². The van der Waals surface area contributed by atoms with Gasteiger partial charge in [0.2, 0.25) is 5.91 Å². The molecule has 4 rings (SSSR count). The van der Waals surface area contributed by atoms with Gasteiger partial charge in [-0.2, -0.15) is 0 Å². The van der Waals surface area contributed by atoms with E-state index in [0.717, 1.165) is 16.0 Å². The number of ether oxygens (including phenoxy) is 1. The van der Waals surface area contributed by atoms with Crippen LogP contribution in [0.2, 0.25) is 0 Å². The van der Waals surface area contributed by atoms with E-state index in [1.165, 1.54) is 23.1 Å². The monoisotopic (exact) mass is 479 g/mol. The van der Waals surface area contributed by atoms with Crippen molar-refractivity contribution in [2.45, 2.75) is 24.7 Å². The van der Waals surface area contributed by atoms with Crippen molar-refractivity contribution in [3.63, 3.8) is 0 Å². The number of carbonyl (C=O) groups excluding carboxylic acids is 1. The summed E-state index contributed by atoms with van der Waals surface area (Å²) in [6.45, 7) is 2.72. The van der Waals surface area contributed by atoms with Crippen molar-refractivity contribution in [2.24, 2.45) is 0 Å². The first-order chi connectivity index (χ1) is 16.0. The van der Waals surface area contributed by atoms with E-state index in [1.807, 2.05) is 73.7 Å². The number of thiophene rings is 1. The largest absolute Gasteiger partial charge is 0.383 e. The molecule has 2 heterocycles. The third-order valence-electron chi connectivity index (χ3n) is 5.00. The molecule has 0 saturated heterocycles. The lowest BCUT2D eigenvalue weighted by atomic mass is 10.2. The van der Waals surface area contributed by atoms with Crippen LogP contribution in [0.25, 0.3) is 20.7 Å². The number of benzene rings is 2. The number of hydrogen-bond acceptors (Lipinski definition) is 6. The molecule has 1 amide bonds. The third-order valence-corrected chi connectivity index (χ3v) is 7.13. The number of nitrogens with one attached hydrogen (secondary N) is 1. The van der Waals surface area contributed by atoms with E-state index >= 15 is 0 Å². The van der Waals surface area contributed by atoms with Gasteiger partial charge < -0.3 is 10.1 Å². The molecule has 0 radical (unpaired) electrons. The molecule has 0 aliphatic carbocycles. The van der Waals surface area contributed by atoms with Crippen LogP contribution in [-0.4, -0.2) is 41.0 Å². The quantitative estimate of drug-likeness (QED) is 0.284. The van der Waals surface area contributed by atoms with Crippen LogP contribution in [0.1, 0.15) is 12.5 Å². The smallest absolute Gasteiger partial charge is 0.272 e. The fraction of sp³-hybridized carbons (Fsp3) is 0.240. The maximum atomic E-state index is 13.5. The second-order valence-electron chi connectivity index (χ2n) is 7.67. The van der Waals surface area contributed by atoms with E-state index in [4.69, 9.17) is 9.72 Å². The summed E-state index contributed by atoms with van der Waals surface area (Å²) in [5, 5.41) is 3.43. The topological polar surface area (TPSA) is 73.2 Å². The lowest BCUT2D eigenvalue weighted by Gasteiger charge is -2.14. The molecule has 6 nitrogen and oxygen atoms in total. The highest BCUT2D eigenvalue weighted by Crippen LogP contribution is 2.32. The number of nitrogens with zero attached hydrogens (tertiary/aromatic N) is 2. The Bertz CT molecular complexity index is 1290. The van der Waals surface area contributed by atoms with Gasteiger partial charge in [-0.1, -0.05) is 72.4 Å². The average Bonchev–Trinajstić information content (AvgIpc) is 3.26. The molecule has 0 spiro atoms. The van der Waals surface area contributed by atoms with Crippen LogP contribution in [0.3, 0.4) is 0 Å². The van der Waals surface area contributed by atoms with Crippen LogP contribution in [0, 0.1) is 0 Å². The van der Waals surface area contributed by atoms with Crippen molar-refractivity contribution in [2.75, 3.05) is 19.5 Å². The van der Waals surface area contributed by atoms with Crippen LogP contribution in [0.15, 0.2) is 76.7 Å². The Hall–Kier alpha value is -2.94. The summed E-state index contributed by atoms with van der Waals surface area (Å²) >= 11 is 2.72. The van der Waals surface area contributed by atoms with Gasteiger partial charge in [0, 0.05) is 18.0 Å². The van der Waals surface area contributed by atoms with Gasteiger partial charge in [0.05, 0.1) is 24.4 Å². The predicted octanol–water partition coefficient (Wildman–Crippen LogP) is 4.42. The Labute approximate surface area is 200 Å². The highest BCUT2D eigenvalue weighted by Gasteiger charge is 2.17. The molecule has 170 valence electrons. The second kappa shape index (κ2) is 10.8. The van der Waals surface area contributed by atoms with E-state index in [9.17, 15) is 9.59 Å². The van der Waals surface area contributed by atoms with Crippen LogP contribution in [0.5, 0.6) is 0 Å². The lowest BCUT2D eigenvalue weighted by molar-refractivity contribution is -0.119. The highest BCUT2D eigenvalue weighted by molar-refractivity contribution is 7.99. The zero-order valence-corrected chi connectivity index (χ0v) is 20.1. The summed E-state index contributed by atoms with van der Waals surface area (Å²) in [7, 11) is 1.60. The molecular formula is C25H25N3O3S2. The van der Waals surface area contributed by atoms with E-state index < -0.39 is 0 Å². The number of methoxy groups -OCH3 is 1. The molecule has 1 unspecified atom stereocenters. The molecule has 8 heteroatoms. The second-order valence-corrected chi connectivity index (χ2v) is 9.67. The van der Waals surface area contributed by atoms with Crippen LogP contribution < -0.4 is 10.9 Å². The lowest BCUT2D eigenvalue weighted by Crippen LogP contribution is -2.36. The molecule has 1 N–H and O–H groups in total. The fourth-order valence-electron chi connectivity index (χ4n) is 3.49. The van der Waals surface area contributed by atoms with Gasteiger partial charge in [0.1, 0.15) is 4.70 Å². The predicted molar refractivity (Wildman–Crippen MR) is 135 cm³/mol. The Morgan fingerprint density at radius 3 is 2.55 bits per heavy atom. The van der Waals surface area contributed by atoms with Crippen molar-refractivity contribution < 1.29 is 9.53 Å². The standard InChI is InChI=1S/C25H25N3O3S2/c1-17(15-31-2)26-22(29)16-32-25-27-20-13-21(19-11-7-4-8-12-19)33-23(20)24(30)28(25)14-18-9-5-3-6-10-18/h3-13,17H,14-16H2,1-2H3,(H,26,29). The Morgan fingerprint density at radius 1 is 1.15 bits per heavy atom. The van der Waals surface area contributed by atoms with Gasteiger partial charge in [-0.15, -0.1) is 11.3 Å². The van der Waals surface area contributed by atoms with E-state index in [-0.39, 0.29) is 23.3 Å². The molecule has 2 aromatic heterocycles. The fourth-order valence-corrected chi connectivity index (χ4v) is 5.35. The van der Waals surface area contributed by atoms with E-state index in [2.05, 4.69) is 5.32 Å². The van der Waals surface area contributed by atoms with Gasteiger partial charge in [0.25, 0.3) is 5.56 Å². The summed E-state index contributed by atoms with van der Waals surface area (Å²) < 4.78 is 7.36. The molecule has 33 heavy (non-hydrogen) atoms. The maximum absolute atomic E-state index is 13.5. The van der Waals surface area contributed by atoms with Crippen molar-refractivity contribution in [1.29, 1.82) is 0 Å². The number of hydrogen-bond donors (Lipinski definition) is 1. The Morgan fingerprint density at radius 2 is 1.85 bits per heavy atom. The summed E-state index contributed by atoms with van der Waals surface area (Å²) in [5.41, 5.74) is 2.62. The van der Waals surface area contributed by atoms with Gasteiger partial charge in [-0.3, -0.25) is 14.2 Å². The maximum Gasteiger partial charge on any atom is 0.272 e. The summed E-state index contributed by atoms with van der Waals surface area (Å²) in [5.74, 6) is 0.0386. The first-order valence-electron chi connectivity index (χ1n) is 10.6. The summed E-state index contributed by atoms with van der Waals surface area (Å²) in [4.78, 5) is 31.7. The summed E-state index contributed by atoms with van der Waals surface area (Å²) in [6.07, 6.45) is 0. The number of carbonyl (C=O) groups is 1. The molecule has 0 fully saturated rings. The minimum absolute atomic E-state index is 0.0876. The molecule has 2 aromatic carbocycles. The van der Waals surface area contributed by atoms with Crippen molar-refractivity contribution in [3.05, 3.63) is 82.6 Å². The minimum atomic E-state index is -0.125. The number of thioether (sulfide) groups is 1. The SMILES string of the molecule is COCC(C)NC(=O)CSc1nc2cc(-c3ccccc3)sc2c(=O)n1Cc1ccccc1. The summed E-state index contributed by atoms with van der Waals surface area (Å²) in [6, 6.07) is 21.6. The van der Waals surface area contributed by atoms with Crippen LogP contribution in [0.4, 0.5) is 0 Å².